The molecule has 0 fully saturated rings. The molecule has 0 amide bonds. The van der Waals surface area contributed by atoms with Crippen LogP contribution < -0.4 is 9.64 Å². The van der Waals surface area contributed by atoms with E-state index in [1.807, 2.05) is 12.1 Å². The molecule has 0 saturated heterocycles. The van der Waals surface area contributed by atoms with E-state index in [9.17, 15) is 0 Å². The van der Waals surface area contributed by atoms with Crippen molar-refractivity contribution < 1.29 is 4.74 Å². The third-order valence-corrected chi connectivity index (χ3v) is 2.56. The van der Waals surface area contributed by atoms with Crippen LogP contribution in [0.4, 0.5) is 5.69 Å². The molecule has 0 N–H and O–H groups in total. The molecular weight excluding hydrogens is 256 g/mol. The summed E-state index contributed by atoms with van der Waals surface area (Å²) < 4.78 is 5.11. The van der Waals surface area contributed by atoms with Gasteiger partial charge in [0.25, 0.3) is 0 Å². The van der Waals surface area contributed by atoms with Gasteiger partial charge in [-0.2, -0.15) is 0 Å². The number of aromatic nitrogens is 1. The van der Waals surface area contributed by atoms with E-state index in [4.69, 9.17) is 4.74 Å². The molecule has 84 valence electrons. The van der Waals surface area contributed by atoms with Gasteiger partial charge in [0.05, 0.1) is 7.11 Å². The average Bonchev–Trinajstić information content (AvgIpc) is 2.25. The second-order valence-electron chi connectivity index (χ2n) is 3.53. The Kier molecular flexibility index (Phi) is 4.88. The minimum atomic E-state index is 0.467. The fourth-order valence-corrected chi connectivity index (χ4v) is 1.85. The Hall–Kier alpha value is -0.770. The van der Waals surface area contributed by atoms with Crippen LogP contribution in [-0.4, -0.2) is 30.0 Å². The zero-order chi connectivity index (χ0) is 11.3. The summed E-state index contributed by atoms with van der Waals surface area (Å²) in [5.41, 5.74) is 1.15. The fourth-order valence-electron chi connectivity index (χ4n) is 1.47. The number of pyridine rings is 1. The molecule has 0 radical (unpaired) electrons. The van der Waals surface area contributed by atoms with E-state index >= 15 is 0 Å². The zero-order valence-corrected chi connectivity index (χ0v) is 11.0. The third kappa shape index (κ3) is 3.38. The molecule has 0 unspecified atom stereocenters. The number of hydrogen-bond acceptors (Lipinski definition) is 3. The lowest BCUT2D eigenvalue weighted by Crippen LogP contribution is -2.32. The molecule has 1 heterocycles. The summed E-state index contributed by atoms with van der Waals surface area (Å²) in [6, 6.07) is 4.43. The standard InChI is InChI=1S/C11H17BrN2O/c1-9(2)14(7-5-12)10-4-6-13-11(8-10)15-3/h4,6,8-9H,5,7H2,1-3H3. The number of methoxy groups -OCH3 is 1. The average molecular weight is 273 g/mol. The summed E-state index contributed by atoms with van der Waals surface area (Å²) in [4.78, 5) is 6.40. The van der Waals surface area contributed by atoms with Gasteiger partial charge in [-0.05, 0) is 19.9 Å². The molecule has 0 atom stereocenters. The Balaban J connectivity index is 2.89. The first-order chi connectivity index (χ1) is 7.19. The van der Waals surface area contributed by atoms with E-state index < -0.39 is 0 Å². The van der Waals surface area contributed by atoms with Crippen LogP contribution in [-0.2, 0) is 0 Å². The normalized spacial score (nSPS) is 10.5. The Morgan fingerprint density at radius 1 is 1.53 bits per heavy atom. The van der Waals surface area contributed by atoms with Crippen LogP contribution >= 0.6 is 15.9 Å². The lowest BCUT2D eigenvalue weighted by atomic mass is 10.2. The zero-order valence-electron chi connectivity index (χ0n) is 9.40. The van der Waals surface area contributed by atoms with Crippen molar-refractivity contribution in [2.75, 3.05) is 23.9 Å². The number of nitrogens with zero attached hydrogens (tertiary/aromatic N) is 2. The van der Waals surface area contributed by atoms with E-state index in [-0.39, 0.29) is 0 Å². The molecule has 0 saturated carbocycles. The number of halogens is 1. The highest BCUT2D eigenvalue weighted by molar-refractivity contribution is 9.09. The lowest BCUT2D eigenvalue weighted by molar-refractivity contribution is 0.398. The number of alkyl halides is 1. The van der Waals surface area contributed by atoms with Gasteiger partial charge in [-0.1, -0.05) is 15.9 Å². The third-order valence-electron chi connectivity index (χ3n) is 2.21. The van der Waals surface area contributed by atoms with Crippen LogP contribution in [0.15, 0.2) is 18.3 Å². The van der Waals surface area contributed by atoms with Gasteiger partial charge < -0.3 is 9.64 Å². The van der Waals surface area contributed by atoms with Crippen molar-refractivity contribution in [2.45, 2.75) is 19.9 Å². The first-order valence-electron chi connectivity index (χ1n) is 5.01. The quantitative estimate of drug-likeness (QED) is 0.771. The highest BCUT2D eigenvalue weighted by Gasteiger charge is 2.10. The van der Waals surface area contributed by atoms with E-state index in [1.54, 1.807) is 13.3 Å². The molecule has 0 spiro atoms. The van der Waals surface area contributed by atoms with Gasteiger partial charge in [-0.25, -0.2) is 4.98 Å². The highest BCUT2D eigenvalue weighted by atomic mass is 79.9. The molecular formula is C11H17BrN2O. The Labute approximate surface area is 99.6 Å². The van der Waals surface area contributed by atoms with Gasteiger partial charge in [0.1, 0.15) is 0 Å². The second-order valence-corrected chi connectivity index (χ2v) is 4.33. The van der Waals surface area contributed by atoms with Crippen LogP contribution in [0, 0.1) is 0 Å². The van der Waals surface area contributed by atoms with Crippen molar-refractivity contribution in [1.82, 2.24) is 4.98 Å². The van der Waals surface area contributed by atoms with Crippen LogP contribution in [0.25, 0.3) is 0 Å². The summed E-state index contributed by atoms with van der Waals surface area (Å²) >= 11 is 3.46. The van der Waals surface area contributed by atoms with Crippen molar-refractivity contribution in [1.29, 1.82) is 0 Å². The molecule has 1 aromatic heterocycles. The van der Waals surface area contributed by atoms with E-state index in [2.05, 4.69) is 39.7 Å². The van der Waals surface area contributed by atoms with E-state index in [0.29, 0.717) is 11.9 Å². The molecule has 1 aromatic rings. The fraction of sp³-hybridized carbons (Fsp3) is 0.545. The van der Waals surface area contributed by atoms with Crippen LogP contribution in [0.5, 0.6) is 5.88 Å². The Morgan fingerprint density at radius 2 is 2.27 bits per heavy atom. The maximum absolute atomic E-state index is 5.11. The molecule has 0 aliphatic rings. The monoisotopic (exact) mass is 272 g/mol. The molecule has 0 aromatic carbocycles. The second kappa shape index (κ2) is 5.95. The minimum Gasteiger partial charge on any atom is -0.481 e. The lowest BCUT2D eigenvalue weighted by Gasteiger charge is -2.28. The summed E-state index contributed by atoms with van der Waals surface area (Å²) in [7, 11) is 1.64. The SMILES string of the molecule is COc1cc(N(CCBr)C(C)C)ccn1. The highest BCUT2D eigenvalue weighted by Crippen LogP contribution is 2.20. The molecule has 0 aliphatic heterocycles. The van der Waals surface area contributed by atoms with E-state index in [0.717, 1.165) is 17.6 Å². The molecule has 3 nitrogen and oxygen atoms in total. The predicted octanol–water partition coefficient (Wildman–Crippen LogP) is 2.70. The summed E-state index contributed by atoms with van der Waals surface area (Å²) in [5, 5.41) is 0.954. The number of rotatable bonds is 5. The molecule has 15 heavy (non-hydrogen) atoms. The number of anilines is 1. The van der Waals surface area contributed by atoms with Crippen molar-refractivity contribution in [3.8, 4) is 5.88 Å². The van der Waals surface area contributed by atoms with Gasteiger partial charge in [0, 0.05) is 35.9 Å². The molecule has 4 heteroatoms. The Bertz CT molecular complexity index is 304. The largest absolute Gasteiger partial charge is 0.481 e. The molecule has 1 rings (SSSR count). The predicted molar refractivity (Wildman–Crippen MR) is 67.1 cm³/mol. The van der Waals surface area contributed by atoms with E-state index in [1.165, 1.54) is 0 Å². The van der Waals surface area contributed by atoms with Gasteiger partial charge in [-0.15, -0.1) is 0 Å². The summed E-state index contributed by atoms with van der Waals surface area (Å²) in [5.74, 6) is 0.660. The smallest absolute Gasteiger partial charge is 0.214 e. The van der Waals surface area contributed by atoms with Gasteiger partial charge in [0.2, 0.25) is 5.88 Å². The van der Waals surface area contributed by atoms with Gasteiger partial charge in [-0.3, -0.25) is 0 Å². The summed E-state index contributed by atoms with van der Waals surface area (Å²) in [6.45, 7) is 5.33. The van der Waals surface area contributed by atoms with Crippen molar-refractivity contribution >= 4 is 21.6 Å². The van der Waals surface area contributed by atoms with Gasteiger partial charge in [0.15, 0.2) is 0 Å². The Morgan fingerprint density at radius 3 is 2.80 bits per heavy atom. The maximum Gasteiger partial charge on any atom is 0.214 e. The van der Waals surface area contributed by atoms with Gasteiger partial charge >= 0.3 is 0 Å². The van der Waals surface area contributed by atoms with Crippen molar-refractivity contribution in [3.63, 3.8) is 0 Å². The maximum atomic E-state index is 5.11. The van der Waals surface area contributed by atoms with Crippen LogP contribution in [0.2, 0.25) is 0 Å². The first kappa shape index (κ1) is 12.3. The topological polar surface area (TPSA) is 25.4 Å². The molecule has 0 bridgehead atoms. The number of ether oxygens (including phenoxy) is 1. The van der Waals surface area contributed by atoms with Crippen molar-refractivity contribution in [3.05, 3.63) is 18.3 Å². The first-order valence-corrected chi connectivity index (χ1v) is 6.14. The molecule has 0 aliphatic carbocycles. The van der Waals surface area contributed by atoms with Crippen LogP contribution in [0.1, 0.15) is 13.8 Å². The number of hydrogen-bond donors (Lipinski definition) is 0. The van der Waals surface area contributed by atoms with Crippen LogP contribution in [0.3, 0.4) is 0 Å². The van der Waals surface area contributed by atoms with Crippen molar-refractivity contribution in [2.24, 2.45) is 0 Å². The minimum absolute atomic E-state index is 0.467. The summed E-state index contributed by atoms with van der Waals surface area (Å²) in [6.07, 6.45) is 1.78.